The minimum absolute atomic E-state index is 0.337. The minimum Gasteiger partial charge on any atom is -0.399 e. The molecule has 4 nitrogen and oxygen atoms in total. The van der Waals surface area contributed by atoms with Crippen molar-refractivity contribution in [1.29, 1.82) is 0 Å². The maximum Gasteiger partial charge on any atom is 0.0753 e. The highest BCUT2D eigenvalue weighted by atomic mass is 35.5. The average molecular weight is 270 g/mol. The Kier molecular flexibility index (Phi) is 3.49. The first-order chi connectivity index (χ1) is 8.06. The maximum absolute atomic E-state index is 12.1. The van der Waals surface area contributed by atoms with Crippen LogP contribution in [-0.2, 0) is 23.6 Å². The molecule has 0 saturated heterocycles. The number of hydrogen-bond acceptors (Lipinski definition) is 3. The zero-order chi connectivity index (χ0) is 12.4. The van der Waals surface area contributed by atoms with Crippen molar-refractivity contribution < 1.29 is 4.21 Å². The quantitative estimate of drug-likeness (QED) is 0.867. The third-order valence-electron chi connectivity index (χ3n) is 2.25. The van der Waals surface area contributed by atoms with E-state index >= 15 is 0 Å². The Morgan fingerprint density at radius 2 is 2.24 bits per heavy atom. The predicted molar refractivity (Wildman–Crippen MR) is 69.2 cm³/mol. The van der Waals surface area contributed by atoms with E-state index in [2.05, 4.69) is 5.10 Å². The Morgan fingerprint density at radius 3 is 2.88 bits per heavy atom. The number of benzene rings is 1. The summed E-state index contributed by atoms with van der Waals surface area (Å²) in [5.41, 5.74) is 6.97. The van der Waals surface area contributed by atoms with Crippen molar-refractivity contribution in [3.63, 3.8) is 0 Å². The van der Waals surface area contributed by atoms with E-state index in [0.29, 0.717) is 21.4 Å². The summed E-state index contributed by atoms with van der Waals surface area (Å²) in [6.07, 6.45) is 1.81. The highest BCUT2D eigenvalue weighted by Gasteiger charge is 2.11. The zero-order valence-electron chi connectivity index (χ0n) is 9.26. The second kappa shape index (κ2) is 4.89. The molecule has 0 amide bonds. The van der Waals surface area contributed by atoms with Crippen LogP contribution in [0, 0.1) is 0 Å². The summed E-state index contributed by atoms with van der Waals surface area (Å²) in [7, 11) is 0.589. The number of aryl methyl sites for hydroxylation is 1. The molecule has 90 valence electrons. The molecular formula is C11H12ClN3OS. The fourth-order valence-corrected chi connectivity index (χ4v) is 2.95. The average Bonchev–Trinajstić information content (AvgIpc) is 2.67. The molecule has 2 rings (SSSR count). The van der Waals surface area contributed by atoms with Gasteiger partial charge in [0.15, 0.2) is 0 Å². The topological polar surface area (TPSA) is 60.9 Å². The Hall–Kier alpha value is -1.33. The van der Waals surface area contributed by atoms with E-state index in [4.69, 9.17) is 17.3 Å². The largest absolute Gasteiger partial charge is 0.399 e. The Balaban J connectivity index is 2.22. The minimum atomic E-state index is -1.23. The summed E-state index contributed by atoms with van der Waals surface area (Å²) in [6.45, 7) is 0. The summed E-state index contributed by atoms with van der Waals surface area (Å²) in [5.74, 6) is 0.337. The van der Waals surface area contributed by atoms with Gasteiger partial charge in [0, 0.05) is 18.9 Å². The molecule has 1 heterocycles. The smallest absolute Gasteiger partial charge is 0.0753 e. The molecule has 0 aliphatic carbocycles. The number of nitrogen functional groups attached to an aromatic ring is 1. The van der Waals surface area contributed by atoms with E-state index in [1.54, 1.807) is 22.9 Å². The van der Waals surface area contributed by atoms with Gasteiger partial charge < -0.3 is 5.73 Å². The van der Waals surface area contributed by atoms with E-state index in [9.17, 15) is 4.21 Å². The number of nitrogens with two attached hydrogens (primary N) is 1. The monoisotopic (exact) mass is 269 g/mol. The van der Waals surface area contributed by atoms with Gasteiger partial charge in [-0.2, -0.15) is 5.10 Å². The van der Waals surface area contributed by atoms with Crippen LogP contribution in [0.4, 0.5) is 5.69 Å². The third kappa shape index (κ3) is 2.87. The van der Waals surface area contributed by atoms with E-state index in [1.807, 2.05) is 19.3 Å². The van der Waals surface area contributed by atoms with Gasteiger partial charge in [0.25, 0.3) is 0 Å². The van der Waals surface area contributed by atoms with Crippen molar-refractivity contribution >= 4 is 28.1 Å². The second-order valence-electron chi connectivity index (χ2n) is 3.66. The Labute approximate surface area is 107 Å². The molecule has 0 aliphatic heterocycles. The van der Waals surface area contributed by atoms with Gasteiger partial charge in [-0.15, -0.1) is 0 Å². The summed E-state index contributed by atoms with van der Waals surface area (Å²) < 4.78 is 13.8. The molecule has 1 aromatic carbocycles. The van der Waals surface area contributed by atoms with Crippen LogP contribution in [-0.4, -0.2) is 14.0 Å². The lowest BCUT2D eigenvalue weighted by Crippen LogP contribution is -2.00. The lowest BCUT2D eigenvalue weighted by Gasteiger charge is -2.04. The molecule has 2 aromatic rings. The maximum atomic E-state index is 12.1. The first-order valence-electron chi connectivity index (χ1n) is 4.98. The van der Waals surface area contributed by atoms with Crippen molar-refractivity contribution in [3.8, 4) is 0 Å². The van der Waals surface area contributed by atoms with E-state index in [1.165, 1.54) is 0 Å². The van der Waals surface area contributed by atoms with Gasteiger partial charge in [-0.25, -0.2) is 0 Å². The number of aromatic nitrogens is 2. The van der Waals surface area contributed by atoms with E-state index in [0.717, 1.165) is 5.69 Å². The first-order valence-corrected chi connectivity index (χ1v) is 6.68. The molecule has 0 saturated carbocycles. The van der Waals surface area contributed by atoms with Crippen LogP contribution in [0.2, 0.25) is 5.02 Å². The second-order valence-corrected chi connectivity index (χ2v) is 5.49. The van der Waals surface area contributed by atoms with Crippen molar-refractivity contribution in [1.82, 2.24) is 9.78 Å². The SMILES string of the molecule is Cn1ccc(CS(=O)c2cc(N)ccc2Cl)n1. The van der Waals surface area contributed by atoms with Gasteiger partial charge in [0.05, 0.1) is 32.2 Å². The highest BCUT2D eigenvalue weighted by molar-refractivity contribution is 7.84. The summed E-state index contributed by atoms with van der Waals surface area (Å²) in [6, 6.07) is 6.81. The molecule has 0 fully saturated rings. The van der Waals surface area contributed by atoms with Crippen molar-refractivity contribution in [3.05, 3.63) is 41.2 Å². The Morgan fingerprint density at radius 1 is 1.47 bits per heavy atom. The van der Waals surface area contributed by atoms with Crippen LogP contribution in [0.15, 0.2) is 35.4 Å². The van der Waals surface area contributed by atoms with Crippen LogP contribution in [0.3, 0.4) is 0 Å². The number of hydrogen-bond donors (Lipinski definition) is 1. The molecular weight excluding hydrogens is 258 g/mol. The van der Waals surface area contributed by atoms with Crippen LogP contribution in [0.5, 0.6) is 0 Å². The number of rotatable bonds is 3. The van der Waals surface area contributed by atoms with Crippen molar-refractivity contribution in [2.75, 3.05) is 5.73 Å². The summed E-state index contributed by atoms with van der Waals surface area (Å²) in [5, 5.41) is 4.64. The standard InChI is InChI=1S/C11H12ClN3OS/c1-15-5-4-9(14-15)7-17(16)11-6-8(13)2-3-10(11)12/h2-6H,7,13H2,1H3. The number of nitrogens with zero attached hydrogens (tertiary/aromatic N) is 2. The molecule has 0 spiro atoms. The van der Waals surface area contributed by atoms with Gasteiger partial charge in [0.2, 0.25) is 0 Å². The normalized spacial score (nSPS) is 12.6. The molecule has 0 aliphatic rings. The first kappa shape index (κ1) is 12.1. The van der Waals surface area contributed by atoms with E-state index in [-0.39, 0.29) is 0 Å². The third-order valence-corrected chi connectivity index (χ3v) is 4.08. The summed E-state index contributed by atoms with van der Waals surface area (Å²) >= 11 is 5.99. The molecule has 0 radical (unpaired) electrons. The fraction of sp³-hybridized carbons (Fsp3) is 0.182. The molecule has 0 bridgehead atoms. The van der Waals surface area contributed by atoms with Crippen molar-refractivity contribution in [2.24, 2.45) is 7.05 Å². The molecule has 2 N–H and O–H groups in total. The molecule has 17 heavy (non-hydrogen) atoms. The highest BCUT2D eigenvalue weighted by Crippen LogP contribution is 2.23. The van der Waals surface area contributed by atoms with Gasteiger partial charge in [-0.05, 0) is 24.3 Å². The van der Waals surface area contributed by atoms with Crippen LogP contribution in [0.1, 0.15) is 5.69 Å². The number of halogens is 1. The lowest BCUT2D eigenvalue weighted by atomic mass is 10.3. The van der Waals surface area contributed by atoms with Crippen LogP contribution >= 0.6 is 11.6 Å². The van der Waals surface area contributed by atoms with Crippen LogP contribution < -0.4 is 5.73 Å². The van der Waals surface area contributed by atoms with Gasteiger partial charge in [0.1, 0.15) is 0 Å². The lowest BCUT2D eigenvalue weighted by molar-refractivity contribution is 0.680. The zero-order valence-corrected chi connectivity index (χ0v) is 10.8. The van der Waals surface area contributed by atoms with Gasteiger partial charge >= 0.3 is 0 Å². The molecule has 6 heteroatoms. The Bertz CT molecular complexity index is 568. The van der Waals surface area contributed by atoms with E-state index < -0.39 is 10.8 Å². The predicted octanol–water partition coefficient (Wildman–Crippen LogP) is 1.96. The number of anilines is 1. The summed E-state index contributed by atoms with van der Waals surface area (Å²) in [4.78, 5) is 0.553. The van der Waals surface area contributed by atoms with Gasteiger partial charge in [-0.3, -0.25) is 8.89 Å². The van der Waals surface area contributed by atoms with Crippen LogP contribution in [0.25, 0.3) is 0 Å². The van der Waals surface area contributed by atoms with Crippen molar-refractivity contribution in [2.45, 2.75) is 10.6 Å². The fourth-order valence-electron chi connectivity index (χ4n) is 1.45. The van der Waals surface area contributed by atoms with Gasteiger partial charge in [-0.1, -0.05) is 11.6 Å². The molecule has 1 aromatic heterocycles. The molecule has 1 atom stereocenters. The molecule has 1 unspecified atom stereocenters.